The van der Waals surface area contributed by atoms with Gasteiger partial charge in [-0.2, -0.15) is 8.42 Å². The van der Waals surface area contributed by atoms with E-state index in [9.17, 15) is 18.3 Å². The zero-order valence-electron chi connectivity index (χ0n) is 14.9. The second kappa shape index (κ2) is 6.84. The molecule has 0 aliphatic carbocycles. The summed E-state index contributed by atoms with van der Waals surface area (Å²) in [6.45, 7) is 5.84. The second-order valence-electron chi connectivity index (χ2n) is 7.40. The van der Waals surface area contributed by atoms with Crippen molar-refractivity contribution >= 4 is 16.2 Å². The molecule has 1 amide bonds. The summed E-state index contributed by atoms with van der Waals surface area (Å²) >= 11 is 0. The Balaban J connectivity index is 2.33. The van der Waals surface area contributed by atoms with Crippen LogP contribution in [-0.2, 0) is 14.3 Å². The van der Waals surface area contributed by atoms with Crippen molar-refractivity contribution in [2.75, 3.05) is 19.4 Å². The lowest BCUT2D eigenvalue weighted by Crippen LogP contribution is -2.58. The summed E-state index contributed by atoms with van der Waals surface area (Å²) in [5.74, 6) is 0.629. The minimum Gasteiger partial charge on any atom is -0.491 e. The molecule has 8 heteroatoms. The number of carboxylic acid groups (broad SMARTS) is 1. The van der Waals surface area contributed by atoms with Gasteiger partial charge in [0.1, 0.15) is 12.4 Å². The summed E-state index contributed by atoms with van der Waals surface area (Å²) in [4.78, 5) is 13.1. The summed E-state index contributed by atoms with van der Waals surface area (Å²) in [6.07, 6.45) is -0.644. The highest BCUT2D eigenvalue weighted by Gasteiger charge is 2.56. The van der Waals surface area contributed by atoms with Gasteiger partial charge in [-0.1, -0.05) is 39.0 Å². The molecule has 25 heavy (non-hydrogen) atoms. The third-order valence-corrected chi connectivity index (χ3v) is 5.25. The number of ether oxygens (including phenoxy) is 1. The third kappa shape index (κ3) is 4.43. The molecule has 0 bridgehead atoms. The molecule has 0 unspecified atom stereocenters. The van der Waals surface area contributed by atoms with Crippen LogP contribution in [-0.4, -0.2) is 55.6 Å². The molecule has 0 saturated carbocycles. The van der Waals surface area contributed by atoms with E-state index in [1.165, 1.54) is 4.90 Å². The predicted octanol–water partition coefficient (Wildman–Crippen LogP) is 2.58. The molecule has 1 fully saturated rings. The average molecular weight is 371 g/mol. The molecule has 7 nitrogen and oxygen atoms in total. The third-order valence-electron chi connectivity index (χ3n) is 4.63. The number of hydrogen-bond donors (Lipinski definition) is 1. The van der Waals surface area contributed by atoms with Crippen LogP contribution in [0, 0.1) is 5.41 Å². The average Bonchev–Trinajstić information content (AvgIpc) is 2.84. The number of amides is 1. The molecule has 2 atom stereocenters. The van der Waals surface area contributed by atoms with Crippen LogP contribution in [0.2, 0.25) is 0 Å². The van der Waals surface area contributed by atoms with E-state index in [2.05, 4.69) is 0 Å². The van der Waals surface area contributed by atoms with Gasteiger partial charge in [0.05, 0.1) is 24.4 Å². The van der Waals surface area contributed by atoms with Crippen LogP contribution in [0.4, 0.5) is 4.79 Å². The Morgan fingerprint density at radius 3 is 2.40 bits per heavy atom. The molecule has 0 spiro atoms. The number of para-hydroxylation sites is 1. The first-order chi connectivity index (χ1) is 11.4. The molecule has 2 rings (SSSR count). The van der Waals surface area contributed by atoms with Crippen LogP contribution in [0.3, 0.4) is 0 Å². The van der Waals surface area contributed by atoms with E-state index >= 15 is 0 Å². The maximum Gasteiger partial charge on any atom is 0.407 e. The Kier molecular flexibility index (Phi) is 5.34. The molecule has 1 aliphatic rings. The van der Waals surface area contributed by atoms with E-state index in [4.69, 9.17) is 8.92 Å². The van der Waals surface area contributed by atoms with Gasteiger partial charge in [-0.25, -0.2) is 4.79 Å². The second-order valence-corrected chi connectivity index (χ2v) is 9.00. The van der Waals surface area contributed by atoms with Crippen molar-refractivity contribution in [2.24, 2.45) is 5.41 Å². The van der Waals surface area contributed by atoms with Crippen LogP contribution < -0.4 is 4.74 Å². The monoisotopic (exact) mass is 371 g/mol. The lowest BCUT2D eigenvalue weighted by atomic mass is 9.72. The van der Waals surface area contributed by atoms with E-state index < -0.39 is 33.3 Å². The van der Waals surface area contributed by atoms with Crippen molar-refractivity contribution < 1.29 is 27.2 Å². The van der Waals surface area contributed by atoms with Crippen molar-refractivity contribution in [2.45, 2.75) is 38.8 Å². The normalized spacial score (nSPS) is 24.3. The Bertz CT molecular complexity index is 712. The molecule has 1 aromatic carbocycles. The summed E-state index contributed by atoms with van der Waals surface area (Å²) in [5, 5.41) is 9.69. The minimum absolute atomic E-state index is 0.0160. The van der Waals surface area contributed by atoms with Crippen LogP contribution >= 0.6 is 0 Å². The first-order valence-electron chi connectivity index (χ1n) is 8.01. The smallest absolute Gasteiger partial charge is 0.407 e. The van der Waals surface area contributed by atoms with Crippen molar-refractivity contribution in [3.63, 3.8) is 0 Å². The lowest BCUT2D eigenvalue weighted by Gasteiger charge is -2.46. The SMILES string of the molecule is CC(C)(C)[C@@]1(COc2ccccc2)C[C@H](OS(C)(=O)=O)CN1C(=O)O. The molecule has 0 radical (unpaired) electrons. The molecular weight excluding hydrogens is 346 g/mol. The highest BCUT2D eigenvalue weighted by atomic mass is 32.2. The number of rotatable bonds is 5. The number of benzene rings is 1. The Hall–Kier alpha value is -1.80. The van der Waals surface area contributed by atoms with Crippen molar-refractivity contribution in [1.82, 2.24) is 4.90 Å². The van der Waals surface area contributed by atoms with Gasteiger partial charge >= 0.3 is 6.09 Å². The first-order valence-corrected chi connectivity index (χ1v) is 9.83. The van der Waals surface area contributed by atoms with Crippen LogP contribution in [0.1, 0.15) is 27.2 Å². The van der Waals surface area contributed by atoms with Crippen molar-refractivity contribution in [1.29, 1.82) is 0 Å². The topological polar surface area (TPSA) is 93.1 Å². The fourth-order valence-corrected chi connectivity index (χ4v) is 3.91. The highest BCUT2D eigenvalue weighted by Crippen LogP contribution is 2.45. The fourth-order valence-electron chi connectivity index (χ4n) is 3.29. The molecule has 140 valence electrons. The molecule has 1 aromatic rings. The van der Waals surface area contributed by atoms with E-state index in [1.807, 2.05) is 39.0 Å². The maximum absolute atomic E-state index is 11.9. The number of nitrogens with zero attached hydrogens (tertiary/aromatic N) is 1. The molecule has 1 heterocycles. The molecular formula is C17H25NO6S. The Labute approximate surface area is 148 Å². The van der Waals surface area contributed by atoms with Gasteiger partial charge in [0, 0.05) is 6.42 Å². The maximum atomic E-state index is 11.9. The van der Waals surface area contributed by atoms with E-state index in [0.29, 0.717) is 5.75 Å². The van der Waals surface area contributed by atoms with Gasteiger partial charge in [-0.05, 0) is 17.5 Å². The van der Waals surface area contributed by atoms with Crippen LogP contribution in [0.15, 0.2) is 30.3 Å². The summed E-state index contributed by atoms with van der Waals surface area (Å²) < 4.78 is 33.9. The minimum atomic E-state index is -3.68. The molecule has 1 aliphatic heterocycles. The lowest BCUT2D eigenvalue weighted by molar-refractivity contribution is -0.00429. The van der Waals surface area contributed by atoms with Crippen LogP contribution in [0.5, 0.6) is 5.75 Å². The van der Waals surface area contributed by atoms with Gasteiger partial charge < -0.3 is 9.84 Å². The zero-order valence-corrected chi connectivity index (χ0v) is 15.7. The quantitative estimate of drug-likeness (QED) is 0.800. The first kappa shape index (κ1) is 19.5. The Morgan fingerprint density at radius 2 is 1.92 bits per heavy atom. The summed E-state index contributed by atoms with van der Waals surface area (Å²) in [5.41, 5.74) is -1.40. The van der Waals surface area contributed by atoms with Crippen LogP contribution in [0.25, 0.3) is 0 Å². The van der Waals surface area contributed by atoms with E-state index in [0.717, 1.165) is 6.26 Å². The highest BCUT2D eigenvalue weighted by molar-refractivity contribution is 7.86. The van der Waals surface area contributed by atoms with Crippen molar-refractivity contribution in [3.05, 3.63) is 30.3 Å². The van der Waals surface area contributed by atoms with Crippen molar-refractivity contribution in [3.8, 4) is 5.75 Å². The van der Waals surface area contributed by atoms with Gasteiger partial charge in [0.2, 0.25) is 0 Å². The Morgan fingerprint density at radius 1 is 1.32 bits per heavy atom. The fraction of sp³-hybridized carbons (Fsp3) is 0.588. The largest absolute Gasteiger partial charge is 0.491 e. The molecule has 1 N–H and O–H groups in total. The summed E-state index contributed by atoms with van der Waals surface area (Å²) in [7, 11) is -3.68. The number of carbonyl (C=O) groups is 1. The molecule has 1 saturated heterocycles. The van der Waals surface area contributed by atoms with Gasteiger partial charge in [0.25, 0.3) is 10.1 Å². The van der Waals surface area contributed by atoms with E-state index in [1.54, 1.807) is 12.1 Å². The van der Waals surface area contributed by atoms with E-state index in [-0.39, 0.29) is 19.6 Å². The predicted molar refractivity (Wildman–Crippen MR) is 93.2 cm³/mol. The number of likely N-dealkylation sites (tertiary alicyclic amines) is 1. The summed E-state index contributed by atoms with van der Waals surface area (Å²) in [6, 6.07) is 9.11. The number of hydrogen-bond acceptors (Lipinski definition) is 5. The standard InChI is InChI=1S/C17H25NO6S/c1-16(2,3)17(12-23-13-8-6-5-7-9-13)10-14(24-25(4,21)22)11-18(17)15(19)20/h5-9,14H,10-12H2,1-4H3,(H,19,20)/t14-,17-/m0/s1. The van der Waals surface area contributed by atoms with Gasteiger partial charge in [-0.3, -0.25) is 9.08 Å². The van der Waals surface area contributed by atoms with Gasteiger partial charge in [0.15, 0.2) is 0 Å². The molecule has 0 aromatic heterocycles. The van der Waals surface area contributed by atoms with Gasteiger partial charge in [-0.15, -0.1) is 0 Å². The zero-order chi connectivity index (χ0) is 18.9.